The average Bonchev–Trinajstić information content (AvgIpc) is 3.36. The van der Waals surface area contributed by atoms with Crippen LogP contribution >= 0.6 is 23.3 Å². The summed E-state index contributed by atoms with van der Waals surface area (Å²) < 4.78 is 26.1. The van der Waals surface area contributed by atoms with Gasteiger partial charge in [0.25, 0.3) is 0 Å². The summed E-state index contributed by atoms with van der Waals surface area (Å²) >= 11 is 6.93. The van der Waals surface area contributed by atoms with E-state index >= 15 is 0 Å². The van der Waals surface area contributed by atoms with Gasteiger partial charge >= 0.3 is 0 Å². The Labute approximate surface area is 211 Å². The molecule has 0 saturated heterocycles. The van der Waals surface area contributed by atoms with Crippen LogP contribution in [-0.2, 0) is 9.59 Å². The SMILES string of the molecule is COc1ccc(-c2cnsc2-c2cc(OC)c(OC)c(OC)c2)cc1NC(=O)[C@@H](CC(N)=O)NCl. The van der Waals surface area contributed by atoms with Gasteiger partial charge in [0.15, 0.2) is 11.5 Å². The van der Waals surface area contributed by atoms with E-state index in [1.54, 1.807) is 39.7 Å². The first-order valence-electron chi connectivity index (χ1n) is 10.3. The number of rotatable bonds is 11. The number of hydrogen-bond donors (Lipinski definition) is 3. The van der Waals surface area contributed by atoms with Crippen LogP contribution in [0, 0.1) is 0 Å². The Kier molecular flexibility index (Phi) is 8.74. The normalized spacial score (nSPS) is 11.5. The van der Waals surface area contributed by atoms with Gasteiger partial charge in [-0.3, -0.25) is 9.59 Å². The molecule has 0 aliphatic carbocycles. The second kappa shape index (κ2) is 11.7. The number of anilines is 1. The highest BCUT2D eigenvalue weighted by Crippen LogP contribution is 2.45. The molecule has 2 aromatic carbocycles. The molecule has 0 bridgehead atoms. The highest BCUT2D eigenvalue weighted by molar-refractivity contribution is 7.10. The van der Waals surface area contributed by atoms with Crippen LogP contribution in [0.15, 0.2) is 36.5 Å². The minimum absolute atomic E-state index is 0.267. The van der Waals surface area contributed by atoms with Crippen molar-refractivity contribution in [2.45, 2.75) is 12.5 Å². The van der Waals surface area contributed by atoms with E-state index in [0.717, 1.165) is 21.6 Å². The standard InChI is InChI=1S/C23H25ClN4O6S/c1-31-17-6-5-12(7-15(17)27-23(30)16(28-24)10-20(25)29)14-11-26-35-22(14)13-8-18(32-2)21(34-4)19(9-13)33-3/h5-9,11,16,28H,10H2,1-4H3,(H2,25,29)(H,27,30)/t16-/m1/s1. The monoisotopic (exact) mass is 520 g/mol. The van der Waals surface area contributed by atoms with Crippen LogP contribution in [0.3, 0.4) is 0 Å². The lowest BCUT2D eigenvalue weighted by molar-refractivity contribution is -0.123. The number of benzene rings is 2. The van der Waals surface area contributed by atoms with Crippen LogP contribution in [0.25, 0.3) is 21.6 Å². The van der Waals surface area contributed by atoms with Crippen LogP contribution in [-0.4, -0.2) is 50.7 Å². The summed E-state index contributed by atoms with van der Waals surface area (Å²) in [4.78, 5) is 27.0. The van der Waals surface area contributed by atoms with E-state index in [1.807, 2.05) is 18.2 Å². The Bertz CT molecular complexity index is 1190. The average molecular weight is 521 g/mol. The first-order valence-corrected chi connectivity index (χ1v) is 11.4. The number of carbonyl (C=O) groups is 2. The van der Waals surface area contributed by atoms with Crippen molar-refractivity contribution in [1.82, 2.24) is 9.21 Å². The molecule has 186 valence electrons. The number of primary amides is 1. The Morgan fingerprint density at radius 3 is 2.20 bits per heavy atom. The first-order chi connectivity index (χ1) is 16.9. The molecular formula is C23H25ClN4O6S. The van der Waals surface area contributed by atoms with Gasteiger partial charge in [0.2, 0.25) is 17.6 Å². The third-order valence-electron chi connectivity index (χ3n) is 5.12. The highest BCUT2D eigenvalue weighted by atomic mass is 35.5. The molecule has 3 rings (SSSR count). The molecule has 0 aliphatic rings. The lowest BCUT2D eigenvalue weighted by Crippen LogP contribution is -2.39. The lowest BCUT2D eigenvalue weighted by atomic mass is 10.0. The van der Waals surface area contributed by atoms with Crippen molar-refractivity contribution in [2.24, 2.45) is 5.73 Å². The molecule has 1 atom stereocenters. The van der Waals surface area contributed by atoms with E-state index in [0.29, 0.717) is 28.7 Å². The van der Waals surface area contributed by atoms with Crippen molar-refractivity contribution in [3.63, 3.8) is 0 Å². The fraction of sp³-hybridized carbons (Fsp3) is 0.261. The van der Waals surface area contributed by atoms with Crippen LogP contribution < -0.4 is 34.8 Å². The Morgan fingerprint density at radius 2 is 1.66 bits per heavy atom. The topological polar surface area (TPSA) is 134 Å². The number of amides is 2. The minimum atomic E-state index is -1.01. The van der Waals surface area contributed by atoms with Gasteiger partial charge in [0, 0.05) is 17.3 Å². The van der Waals surface area contributed by atoms with Crippen molar-refractivity contribution >= 4 is 40.8 Å². The summed E-state index contributed by atoms with van der Waals surface area (Å²) in [6.07, 6.45) is 1.46. The van der Waals surface area contributed by atoms with Crippen molar-refractivity contribution in [2.75, 3.05) is 33.8 Å². The van der Waals surface area contributed by atoms with Gasteiger partial charge in [-0.2, -0.15) is 4.37 Å². The summed E-state index contributed by atoms with van der Waals surface area (Å²) in [6, 6.07) is 7.98. The number of aromatic nitrogens is 1. The Balaban J connectivity index is 2.03. The molecule has 3 aromatic rings. The van der Waals surface area contributed by atoms with E-state index < -0.39 is 17.9 Å². The number of nitrogens with zero attached hydrogens (tertiary/aromatic N) is 1. The number of ether oxygens (including phenoxy) is 4. The second-order valence-electron chi connectivity index (χ2n) is 7.22. The van der Waals surface area contributed by atoms with Gasteiger partial charge in [-0.15, -0.1) is 0 Å². The maximum Gasteiger partial charge on any atom is 0.243 e. The minimum Gasteiger partial charge on any atom is -0.495 e. The van der Waals surface area contributed by atoms with E-state index in [4.69, 9.17) is 36.5 Å². The van der Waals surface area contributed by atoms with Crippen LogP contribution in [0.2, 0.25) is 0 Å². The maximum atomic E-state index is 12.7. The summed E-state index contributed by atoms with van der Waals surface area (Å²) in [5, 5.41) is 2.74. The molecule has 1 heterocycles. The van der Waals surface area contributed by atoms with Crippen molar-refractivity contribution in [3.05, 3.63) is 36.5 Å². The third-order valence-corrected chi connectivity index (χ3v) is 6.23. The molecule has 12 heteroatoms. The van der Waals surface area contributed by atoms with Crippen molar-refractivity contribution in [3.8, 4) is 44.6 Å². The number of carbonyl (C=O) groups excluding carboxylic acids is 2. The van der Waals surface area contributed by atoms with Crippen LogP contribution in [0.4, 0.5) is 5.69 Å². The number of hydrogen-bond acceptors (Lipinski definition) is 9. The maximum absolute atomic E-state index is 12.7. The molecule has 2 amide bonds. The smallest absolute Gasteiger partial charge is 0.243 e. The Hall–Kier alpha value is -3.54. The summed E-state index contributed by atoms with van der Waals surface area (Å²) in [5.74, 6) is 0.724. The van der Waals surface area contributed by atoms with E-state index in [1.165, 1.54) is 18.6 Å². The van der Waals surface area contributed by atoms with E-state index in [9.17, 15) is 9.59 Å². The molecule has 1 aromatic heterocycles. The van der Waals surface area contributed by atoms with Gasteiger partial charge in [0.05, 0.1) is 45.4 Å². The molecule has 4 N–H and O–H groups in total. The van der Waals surface area contributed by atoms with Gasteiger partial charge in [-0.1, -0.05) is 6.07 Å². The molecule has 0 aliphatic heterocycles. The second-order valence-corrected chi connectivity index (χ2v) is 8.24. The predicted molar refractivity (Wildman–Crippen MR) is 134 cm³/mol. The molecule has 0 saturated carbocycles. The fourth-order valence-electron chi connectivity index (χ4n) is 3.44. The van der Waals surface area contributed by atoms with Gasteiger partial charge in [-0.25, -0.2) is 4.84 Å². The van der Waals surface area contributed by atoms with Gasteiger partial charge in [0.1, 0.15) is 11.8 Å². The van der Waals surface area contributed by atoms with E-state index in [2.05, 4.69) is 14.5 Å². The Morgan fingerprint density at radius 1 is 1.00 bits per heavy atom. The molecule has 0 spiro atoms. The van der Waals surface area contributed by atoms with Crippen LogP contribution in [0.1, 0.15) is 6.42 Å². The van der Waals surface area contributed by atoms with Crippen molar-refractivity contribution < 1.29 is 28.5 Å². The molecule has 0 fully saturated rings. The van der Waals surface area contributed by atoms with E-state index in [-0.39, 0.29) is 6.42 Å². The lowest BCUT2D eigenvalue weighted by Gasteiger charge is -2.16. The number of methoxy groups -OCH3 is 4. The highest BCUT2D eigenvalue weighted by Gasteiger charge is 2.22. The number of nitrogens with two attached hydrogens (primary N) is 1. The zero-order valence-corrected chi connectivity index (χ0v) is 21.1. The summed E-state index contributed by atoms with van der Waals surface area (Å²) in [7, 11) is 6.13. The van der Waals surface area contributed by atoms with Crippen molar-refractivity contribution in [1.29, 1.82) is 0 Å². The van der Waals surface area contributed by atoms with Gasteiger partial charge in [-0.05, 0) is 53.1 Å². The molecule has 0 radical (unpaired) electrons. The molecule has 35 heavy (non-hydrogen) atoms. The molecular weight excluding hydrogens is 496 g/mol. The predicted octanol–water partition coefficient (Wildman–Crippen LogP) is 3.44. The number of nitrogens with one attached hydrogen (secondary N) is 2. The zero-order chi connectivity index (χ0) is 25.5. The molecule has 10 nitrogen and oxygen atoms in total. The largest absolute Gasteiger partial charge is 0.495 e. The summed E-state index contributed by atoms with van der Waals surface area (Å²) in [5.41, 5.74) is 7.98. The first kappa shape index (κ1) is 26.1. The number of halogens is 1. The fourth-order valence-corrected chi connectivity index (χ4v) is 4.37. The zero-order valence-electron chi connectivity index (χ0n) is 19.5. The quantitative estimate of drug-likeness (QED) is 0.327. The third kappa shape index (κ3) is 5.76. The summed E-state index contributed by atoms with van der Waals surface area (Å²) in [6.45, 7) is 0. The molecule has 0 unspecified atom stereocenters. The van der Waals surface area contributed by atoms with Crippen LogP contribution in [0.5, 0.6) is 23.0 Å². The van der Waals surface area contributed by atoms with Gasteiger partial charge < -0.3 is 30.0 Å².